The second kappa shape index (κ2) is 9.17. The van der Waals surface area contributed by atoms with E-state index in [0.29, 0.717) is 37.4 Å². The maximum absolute atomic E-state index is 12.7. The third kappa shape index (κ3) is 4.42. The summed E-state index contributed by atoms with van der Waals surface area (Å²) in [7, 11) is -3.57. The molecule has 2 aliphatic rings. The van der Waals surface area contributed by atoms with Gasteiger partial charge in [0, 0.05) is 36.2 Å². The fourth-order valence-corrected chi connectivity index (χ4v) is 5.74. The molecule has 0 saturated carbocycles. The lowest BCUT2D eigenvalue weighted by atomic mass is 10.1. The number of carbonyl (C=O) groups excluding carboxylic acids is 1. The molecule has 3 aromatic rings. The molecule has 34 heavy (non-hydrogen) atoms. The van der Waals surface area contributed by atoms with Crippen molar-refractivity contribution < 1.29 is 27.1 Å². The summed E-state index contributed by atoms with van der Waals surface area (Å²) in [5.74, 6) is -0.330. The minimum absolute atomic E-state index is 0.193. The zero-order valence-corrected chi connectivity index (χ0v) is 19.2. The highest BCUT2D eigenvalue weighted by atomic mass is 32.2. The van der Waals surface area contributed by atoms with Gasteiger partial charge in [-0.1, -0.05) is 12.1 Å². The van der Waals surface area contributed by atoms with Crippen LogP contribution in [0.5, 0.6) is 5.75 Å². The van der Waals surface area contributed by atoms with Crippen LogP contribution in [0, 0.1) is 0 Å². The highest BCUT2D eigenvalue weighted by molar-refractivity contribution is 7.89. The van der Waals surface area contributed by atoms with Crippen molar-refractivity contribution in [2.45, 2.75) is 24.2 Å². The lowest BCUT2D eigenvalue weighted by molar-refractivity contribution is -0.128. The number of carbonyl (C=O) groups is 1. The highest BCUT2D eigenvalue weighted by Crippen LogP contribution is 2.29. The first-order chi connectivity index (χ1) is 16.4. The van der Waals surface area contributed by atoms with Crippen LogP contribution in [0.25, 0.3) is 17.0 Å². The molecular formula is C25H23NO7S. The summed E-state index contributed by atoms with van der Waals surface area (Å²) >= 11 is 0. The van der Waals surface area contributed by atoms with Crippen LogP contribution in [0.2, 0.25) is 0 Å². The molecule has 2 aromatic carbocycles. The van der Waals surface area contributed by atoms with Gasteiger partial charge in [-0.25, -0.2) is 18.0 Å². The second-order valence-corrected chi connectivity index (χ2v) is 10.1. The molecule has 176 valence electrons. The predicted molar refractivity (Wildman–Crippen MR) is 125 cm³/mol. The van der Waals surface area contributed by atoms with Gasteiger partial charge in [-0.05, 0) is 60.7 Å². The molecule has 9 heteroatoms. The van der Waals surface area contributed by atoms with Gasteiger partial charge in [0.1, 0.15) is 11.3 Å². The first kappa shape index (κ1) is 22.5. The largest absolute Gasteiger partial charge is 0.423 e. The minimum Gasteiger partial charge on any atom is -0.423 e. The quantitative estimate of drug-likeness (QED) is 0.239. The third-order valence-electron chi connectivity index (χ3n) is 6.06. The average Bonchev–Trinajstić information content (AvgIpc) is 3.35. The lowest BCUT2D eigenvalue weighted by Crippen LogP contribution is -2.40. The van der Waals surface area contributed by atoms with E-state index < -0.39 is 16.0 Å². The number of nitrogens with zero attached hydrogens (tertiary/aromatic N) is 1. The van der Waals surface area contributed by atoms with E-state index in [-0.39, 0.29) is 16.3 Å². The Balaban J connectivity index is 1.27. The van der Waals surface area contributed by atoms with Gasteiger partial charge in [0.2, 0.25) is 10.0 Å². The Morgan fingerprint density at radius 2 is 1.74 bits per heavy atom. The first-order valence-electron chi connectivity index (χ1n) is 11.1. The van der Waals surface area contributed by atoms with Crippen molar-refractivity contribution in [3.63, 3.8) is 0 Å². The summed E-state index contributed by atoms with van der Waals surface area (Å²) in [6, 6.07) is 11.3. The van der Waals surface area contributed by atoms with Gasteiger partial charge in [0.15, 0.2) is 0 Å². The number of sulfonamides is 1. The van der Waals surface area contributed by atoms with E-state index in [0.717, 1.165) is 35.8 Å². The van der Waals surface area contributed by atoms with E-state index >= 15 is 0 Å². The van der Waals surface area contributed by atoms with Gasteiger partial charge >= 0.3 is 11.6 Å². The molecule has 0 spiro atoms. The SMILES string of the molecule is O=C(/C=C/c1ccc(S(=O)(=O)N2CCOCC2)cc1)Oc1ccc2c3c(c(=O)oc2c1)CCC3. The molecule has 8 nitrogen and oxygen atoms in total. The molecule has 0 amide bonds. The third-order valence-corrected chi connectivity index (χ3v) is 7.98. The van der Waals surface area contributed by atoms with Gasteiger partial charge in [-0.2, -0.15) is 4.31 Å². The normalized spacial score (nSPS) is 16.7. The van der Waals surface area contributed by atoms with Crippen molar-refractivity contribution >= 4 is 33.0 Å². The van der Waals surface area contributed by atoms with Crippen LogP contribution in [-0.2, 0) is 32.4 Å². The first-order valence-corrected chi connectivity index (χ1v) is 12.5. The van der Waals surface area contributed by atoms with Gasteiger partial charge in [0.05, 0.1) is 18.1 Å². The molecule has 1 aliphatic carbocycles. The van der Waals surface area contributed by atoms with Crippen molar-refractivity contribution in [3.8, 4) is 5.75 Å². The zero-order valence-electron chi connectivity index (χ0n) is 18.4. The number of rotatable bonds is 5. The Labute approximate surface area is 196 Å². The summed E-state index contributed by atoms with van der Waals surface area (Å²) in [6.07, 6.45) is 5.30. The van der Waals surface area contributed by atoms with Crippen molar-refractivity contribution in [2.75, 3.05) is 26.3 Å². The molecule has 2 heterocycles. The second-order valence-electron chi connectivity index (χ2n) is 8.20. The Hall–Kier alpha value is -3.27. The predicted octanol–water partition coefficient (Wildman–Crippen LogP) is 2.92. The number of aryl methyl sites for hydroxylation is 1. The standard InChI is InChI=1S/C25H23NO7S/c27-24(32-18-7-10-21-20-2-1-3-22(20)25(28)33-23(21)16-18)11-6-17-4-8-19(9-5-17)34(29,30)26-12-14-31-15-13-26/h4-11,16H,1-3,12-15H2/b11-6+. The van der Waals surface area contributed by atoms with Crippen LogP contribution in [0.3, 0.4) is 0 Å². The number of esters is 1. The molecule has 0 N–H and O–H groups in total. The summed E-state index contributed by atoms with van der Waals surface area (Å²) in [6.45, 7) is 1.43. The number of morpholine rings is 1. The number of hydrogen-bond donors (Lipinski definition) is 0. The van der Waals surface area contributed by atoms with Crippen molar-refractivity contribution in [1.82, 2.24) is 4.31 Å². The van der Waals surface area contributed by atoms with E-state index in [1.54, 1.807) is 30.3 Å². The molecule has 0 radical (unpaired) electrons. The molecule has 0 unspecified atom stereocenters. The molecule has 0 bridgehead atoms. The molecule has 1 saturated heterocycles. The van der Waals surface area contributed by atoms with Gasteiger partial charge in [0.25, 0.3) is 0 Å². The Kier molecular flexibility index (Phi) is 6.07. The van der Waals surface area contributed by atoms with Gasteiger partial charge in [-0.15, -0.1) is 0 Å². The number of hydrogen-bond acceptors (Lipinski definition) is 7. The van der Waals surface area contributed by atoms with Crippen LogP contribution >= 0.6 is 0 Å². The Morgan fingerprint density at radius 1 is 1.00 bits per heavy atom. The van der Waals surface area contributed by atoms with Gasteiger partial charge in [-0.3, -0.25) is 0 Å². The molecule has 5 rings (SSSR count). The summed E-state index contributed by atoms with van der Waals surface area (Å²) < 4.78 is 42.8. The minimum atomic E-state index is -3.57. The van der Waals surface area contributed by atoms with E-state index in [1.165, 1.54) is 22.5 Å². The number of fused-ring (bicyclic) bond motifs is 3. The molecule has 1 aromatic heterocycles. The zero-order chi connectivity index (χ0) is 23.7. The molecule has 1 fully saturated rings. The summed E-state index contributed by atoms with van der Waals surface area (Å²) in [5.41, 5.74) is 2.48. The molecule has 1 aliphatic heterocycles. The van der Waals surface area contributed by atoms with E-state index in [2.05, 4.69) is 0 Å². The van der Waals surface area contributed by atoms with E-state index in [4.69, 9.17) is 13.9 Å². The fraction of sp³-hybridized carbons (Fsp3) is 0.280. The number of ether oxygens (including phenoxy) is 2. The van der Waals surface area contributed by atoms with Crippen molar-refractivity contribution in [3.05, 3.63) is 75.7 Å². The smallest absolute Gasteiger partial charge is 0.339 e. The highest BCUT2D eigenvalue weighted by Gasteiger charge is 2.26. The molecular weight excluding hydrogens is 458 g/mol. The topological polar surface area (TPSA) is 103 Å². The Bertz CT molecular complexity index is 1430. The maximum Gasteiger partial charge on any atom is 0.339 e. The van der Waals surface area contributed by atoms with Crippen molar-refractivity contribution in [2.24, 2.45) is 0 Å². The van der Waals surface area contributed by atoms with Gasteiger partial charge < -0.3 is 13.9 Å². The van der Waals surface area contributed by atoms with Crippen LogP contribution < -0.4 is 10.4 Å². The average molecular weight is 482 g/mol. The summed E-state index contributed by atoms with van der Waals surface area (Å²) in [4.78, 5) is 24.6. The maximum atomic E-state index is 12.7. The Morgan fingerprint density at radius 3 is 2.50 bits per heavy atom. The van der Waals surface area contributed by atoms with Crippen LogP contribution in [0.1, 0.15) is 23.1 Å². The fourth-order valence-electron chi connectivity index (χ4n) is 4.33. The van der Waals surface area contributed by atoms with Crippen LogP contribution in [0.4, 0.5) is 0 Å². The van der Waals surface area contributed by atoms with Crippen LogP contribution in [-0.4, -0.2) is 45.0 Å². The van der Waals surface area contributed by atoms with E-state index in [1.807, 2.05) is 6.07 Å². The number of benzene rings is 2. The monoisotopic (exact) mass is 481 g/mol. The summed E-state index contributed by atoms with van der Waals surface area (Å²) in [5, 5.41) is 0.870. The lowest BCUT2D eigenvalue weighted by Gasteiger charge is -2.26. The molecule has 0 atom stereocenters. The van der Waals surface area contributed by atoms with Crippen molar-refractivity contribution in [1.29, 1.82) is 0 Å². The van der Waals surface area contributed by atoms with Crippen LogP contribution in [0.15, 0.2) is 62.6 Å². The van der Waals surface area contributed by atoms with E-state index in [9.17, 15) is 18.0 Å².